The molecule has 0 aliphatic carbocycles. The highest BCUT2D eigenvalue weighted by Gasteiger charge is 2.10. The molecule has 0 saturated carbocycles. The van der Waals surface area contributed by atoms with Crippen molar-refractivity contribution in [2.75, 3.05) is 5.32 Å². The molecule has 118 valence electrons. The molecule has 0 radical (unpaired) electrons. The number of hydrogen-bond acceptors (Lipinski definition) is 5. The van der Waals surface area contributed by atoms with Crippen molar-refractivity contribution in [2.45, 2.75) is 13.1 Å². The van der Waals surface area contributed by atoms with Crippen LogP contribution in [0.3, 0.4) is 0 Å². The van der Waals surface area contributed by atoms with Gasteiger partial charge in [-0.15, -0.1) is 5.10 Å². The third kappa shape index (κ3) is 3.69. The molecule has 1 amide bonds. The van der Waals surface area contributed by atoms with Crippen LogP contribution in [0.1, 0.15) is 5.56 Å². The lowest BCUT2D eigenvalue weighted by atomic mass is 10.2. The molecule has 0 saturated heterocycles. The Hall–Kier alpha value is -2.81. The fraction of sp³-hybridized carbons (Fsp3) is 0.154. The Morgan fingerprint density at radius 1 is 1.35 bits per heavy atom. The van der Waals surface area contributed by atoms with Crippen LogP contribution in [0.5, 0.6) is 0 Å². The summed E-state index contributed by atoms with van der Waals surface area (Å²) in [6, 6.07) is 6.14. The lowest BCUT2D eigenvalue weighted by Gasteiger charge is -2.09. The predicted octanol–water partition coefficient (Wildman–Crippen LogP) is 1.35. The molecule has 8 nitrogen and oxygen atoms in total. The zero-order valence-electron chi connectivity index (χ0n) is 11.7. The SMILES string of the molecule is O=C(Cn1cnnn1)Nc1ccnn1Cc1ccc(Cl)c(F)c1. The number of tetrazole rings is 1. The van der Waals surface area contributed by atoms with E-state index in [9.17, 15) is 9.18 Å². The molecule has 0 aliphatic heterocycles. The van der Waals surface area contributed by atoms with Gasteiger partial charge in [0.25, 0.3) is 0 Å². The summed E-state index contributed by atoms with van der Waals surface area (Å²) in [6.45, 7) is 0.273. The molecule has 2 heterocycles. The van der Waals surface area contributed by atoms with Gasteiger partial charge in [0.1, 0.15) is 24.5 Å². The number of nitrogens with zero attached hydrogens (tertiary/aromatic N) is 6. The van der Waals surface area contributed by atoms with Crippen LogP contribution in [0, 0.1) is 5.82 Å². The Labute approximate surface area is 134 Å². The third-order valence-corrected chi connectivity index (χ3v) is 3.30. The van der Waals surface area contributed by atoms with Crippen LogP contribution in [0.4, 0.5) is 10.2 Å². The normalized spacial score (nSPS) is 10.7. The summed E-state index contributed by atoms with van der Waals surface area (Å²) in [5.74, 6) is -0.319. The molecule has 1 aromatic carbocycles. The van der Waals surface area contributed by atoms with Gasteiger partial charge in [-0.3, -0.25) is 4.79 Å². The second kappa shape index (κ2) is 6.53. The summed E-state index contributed by atoms with van der Waals surface area (Å²) in [5.41, 5.74) is 0.673. The van der Waals surface area contributed by atoms with Crippen molar-refractivity contribution in [3.05, 3.63) is 53.2 Å². The quantitative estimate of drug-likeness (QED) is 0.760. The van der Waals surface area contributed by atoms with Crippen molar-refractivity contribution < 1.29 is 9.18 Å². The van der Waals surface area contributed by atoms with E-state index in [1.807, 2.05) is 0 Å². The number of nitrogens with one attached hydrogen (secondary N) is 1. The fourth-order valence-electron chi connectivity index (χ4n) is 1.96. The topological polar surface area (TPSA) is 90.5 Å². The molecule has 1 N–H and O–H groups in total. The number of anilines is 1. The largest absolute Gasteiger partial charge is 0.309 e. The summed E-state index contributed by atoms with van der Waals surface area (Å²) < 4.78 is 16.3. The first-order valence-electron chi connectivity index (χ1n) is 6.58. The number of carbonyl (C=O) groups is 1. The van der Waals surface area contributed by atoms with Crippen molar-refractivity contribution in [2.24, 2.45) is 0 Å². The Morgan fingerprint density at radius 2 is 2.22 bits per heavy atom. The molecule has 0 fully saturated rings. The van der Waals surface area contributed by atoms with E-state index in [4.69, 9.17) is 11.6 Å². The molecule has 3 rings (SSSR count). The summed E-state index contributed by atoms with van der Waals surface area (Å²) in [5, 5.41) is 17.4. The van der Waals surface area contributed by atoms with Gasteiger partial charge in [0.15, 0.2) is 0 Å². The number of amides is 1. The first-order valence-corrected chi connectivity index (χ1v) is 6.96. The highest BCUT2D eigenvalue weighted by molar-refractivity contribution is 6.30. The summed E-state index contributed by atoms with van der Waals surface area (Å²) in [7, 11) is 0. The van der Waals surface area contributed by atoms with Gasteiger partial charge < -0.3 is 5.32 Å². The second-order valence-corrected chi connectivity index (χ2v) is 5.09. The minimum absolute atomic E-state index is 0.0201. The maximum atomic E-state index is 13.5. The zero-order chi connectivity index (χ0) is 16.2. The smallest absolute Gasteiger partial charge is 0.247 e. The maximum absolute atomic E-state index is 13.5. The van der Waals surface area contributed by atoms with Gasteiger partial charge in [-0.25, -0.2) is 13.8 Å². The van der Waals surface area contributed by atoms with Crippen LogP contribution in [-0.4, -0.2) is 35.9 Å². The maximum Gasteiger partial charge on any atom is 0.247 e. The highest BCUT2D eigenvalue weighted by atomic mass is 35.5. The second-order valence-electron chi connectivity index (χ2n) is 4.68. The molecule has 3 aromatic rings. The van der Waals surface area contributed by atoms with Crippen LogP contribution < -0.4 is 5.32 Å². The van der Waals surface area contributed by atoms with Crippen LogP contribution in [-0.2, 0) is 17.9 Å². The molecular formula is C13H11ClFN7O. The Bertz CT molecular complexity index is 818. The van der Waals surface area contributed by atoms with Gasteiger partial charge in [-0.05, 0) is 28.1 Å². The number of benzene rings is 1. The van der Waals surface area contributed by atoms with Crippen LogP contribution in [0.15, 0.2) is 36.8 Å². The van der Waals surface area contributed by atoms with E-state index in [-0.39, 0.29) is 17.5 Å². The van der Waals surface area contributed by atoms with Crippen LogP contribution in [0.25, 0.3) is 0 Å². The number of carbonyl (C=O) groups excluding carboxylic acids is 1. The van der Waals surface area contributed by atoms with E-state index < -0.39 is 5.82 Å². The lowest BCUT2D eigenvalue weighted by Crippen LogP contribution is -2.21. The van der Waals surface area contributed by atoms with Gasteiger partial charge in [0.05, 0.1) is 17.8 Å². The predicted molar refractivity (Wildman–Crippen MR) is 79.2 cm³/mol. The van der Waals surface area contributed by atoms with Crippen LogP contribution in [0.2, 0.25) is 5.02 Å². The summed E-state index contributed by atoms with van der Waals surface area (Å²) >= 11 is 5.66. The average Bonchev–Trinajstić information content (AvgIpc) is 3.16. The van der Waals surface area contributed by atoms with E-state index in [0.717, 1.165) is 0 Å². The number of aromatic nitrogens is 6. The number of hydrogen-bond donors (Lipinski definition) is 1. The van der Waals surface area contributed by atoms with E-state index in [1.54, 1.807) is 23.0 Å². The lowest BCUT2D eigenvalue weighted by molar-refractivity contribution is -0.117. The number of rotatable bonds is 5. The standard InChI is InChI=1S/C13H11ClFN7O/c14-10-2-1-9(5-11(10)15)6-22-12(3-4-17-22)18-13(23)7-21-8-16-19-20-21/h1-5,8H,6-7H2,(H,18,23). The minimum Gasteiger partial charge on any atom is -0.309 e. The minimum atomic E-state index is -0.499. The molecule has 0 bridgehead atoms. The van der Waals surface area contributed by atoms with Gasteiger partial charge >= 0.3 is 0 Å². The monoisotopic (exact) mass is 335 g/mol. The molecule has 0 spiro atoms. The first kappa shape index (κ1) is 15.1. The van der Waals surface area contributed by atoms with Crippen molar-refractivity contribution in [3.63, 3.8) is 0 Å². The first-order chi connectivity index (χ1) is 11.1. The van der Waals surface area contributed by atoms with Gasteiger partial charge in [-0.1, -0.05) is 17.7 Å². The Morgan fingerprint density at radius 3 is 2.96 bits per heavy atom. The van der Waals surface area contributed by atoms with Gasteiger partial charge in [-0.2, -0.15) is 5.10 Å². The molecule has 0 atom stereocenters. The molecule has 0 aliphatic rings. The van der Waals surface area contributed by atoms with Gasteiger partial charge in [0.2, 0.25) is 5.91 Å². The van der Waals surface area contributed by atoms with Gasteiger partial charge in [0, 0.05) is 6.07 Å². The summed E-state index contributed by atoms with van der Waals surface area (Å²) in [4.78, 5) is 11.9. The van der Waals surface area contributed by atoms with E-state index in [1.165, 1.54) is 23.1 Å². The molecule has 2 aromatic heterocycles. The summed E-state index contributed by atoms with van der Waals surface area (Å²) in [6.07, 6.45) is 2.88. The van der Waals surface area contributed by atoms with E-state index in [2.05, 4.69) is 25.9 Å². The zero-order valence-corrected chi connectivity index (χ0v) is 12.5. The van der Waals surface area contributed by atoms with Crippen molar-refractivity contribution in [1.29, 1.82) is 0 Å². The molecule has 0 unspecified atom stereocenters. The molecular weight excluding hydrogens is 325 g/mol. The van der Waals surface area contributed by atoms with E-state index in [0.29, 0.717) is 17.9 Å². The average molecular weight is 336 g/mol. The highest BCUT2D eigenvalue weighted by Crippen LogP contribution is 2.17. The van der Waals surface area contributed by atoms with Crippen molar-refractivity contribution in [1.82, 2.24) is 30.0 Å². The molecule has 10 heteroatoms. The van der Waals surface area contributed by atoms with Crippen molar-refractivity contribution >= 4 is 23.3 Å². The van der Waals surface area contributed by atoms with Crippen molar-refractivity contribution in [3.8, 4) is 0 Å². The number of halogens is 2. The fourth-order valence-corrected chi connectivity index (χ4v) is 2.08. The third-order valence-electron chi connectivity index (χ3n) is 3.00. The Balaban J connectivity index is 1.69. The van der Waals surface area contributed by atoms with Crippen LogP contribution >= 0.6 is 11.6 Å². The Kier molecular flexibility index (Phi) is 4.29. The molecule has 23 heavy (non-hydrogen) atoms. The van der Waals surface area contributed by atoms with E-state index >= 15 is 0 Å².